The average Bonchev–Trinajstić information content (AvgIpc) is 1.86. The van der Waals surface area contributed by atoms with E-state index in [9.17, 15) is 8.42 Å². The van der Waals surface area contributed by atoms with Gasteiger partial charge in [-0.05, 0) is 6.42 Å². The zero-order valence-electron chi connectivity index (χ0n) is 7.50. The smallest absolute Gasteiger partial charge is 0.264 e. The van der Waals surface area contributed by atoms with E-state index in [-0.39, 0.29) is 5.75 Å². The van der Waals surface area contributed by atoms with Crippen LogP contribution in [0.15, 0.2) is 0 Å². The highest BCUT2D eigenvalue weighted by molar-refractivity contribution is 7.85. The Morgan fingerprint density at radius 3 is 1.36 bits per heavy atom. The Kier molecular flexibility index (Phi) is 9.83. The van der Waals surface area contributed by atoms with Gasteiger partial charge in [0.15, 0.2) is 0 Å². The van der Waals surface area contributed by atoms with Gasteiger partial charge in [0.05, 0.1) is 5.75 Å². The second-order valence-electron chi connectivity index (χ2n) is 2.29. The summed E-state index contributed by atoms with van der Waals surface area (Å²) >= 11 is 0. The maximum Gasteiger partial charge on any atom is 0.264 e. The molecule has 0 aromatic rings. The lowest BCUT2D eigenvalue weighted by Gasteiger charge is -1.85. The first-order valence-electron chi connectivity index (χ1n) is 3.93. The lowest BCUT2D eigenvalue weighted by atomic mass is 10.4. The van der Waals surface area contributed by atoms with Crippen LogP contribution in [0, 0.1) is 0 Å². The first-order chi connectivity index (χ1) is 4.97. The van der Waals surface area contributed by atoms with Gasteiger partial charge in [0, 0.05) is 0 Å². The number of hydrogen-bond acceptors (Lipinski definition) is 2. The third-order valence-electron chi connectivity index (χ3n) is 0.962. The van der Waals surface area contributed by atoms with Crippen molar-refractivity contribution in [3.8, 4) is 0 Å². The van der Waals surface area contributed by atoms with Crippen LogP contribution in [0.4, 0.5) is 0 Å². The van der Waals surface area contributed by atoms with Crippen molar-refractivity contribution in [1.29, 1.82) is 0 Å². The maximum absolute atomic E-state index is 9.79. The molecule has 0 radical (unpaired) electrons. The van der Waals surface area contributed by atoms with Crippen LogP contribution in [0.5, 0.6) is 0 Å². The Morgan fingerprint density at radius 2 is 1.36 bits per heavy atom. The van der Waals surface area contributed by atoms with Crippen molar-refractivity contribution in [3.63, 3.8) is 0 Å². The zero-order chi connectivity index (χ0) is 9.33. The van der Waals surface area contributed by atoms with Gasteiger partial charge in [0.25, 0.3) is 10.1 Å². The highest BCUT2D eigenvalue weighted by Crippen LogP contribution is 1.83. The molecule has 0 saturated heterocycles. The van der Waals surface area contributed by atoms with E-state index in [4.69, 9.17) is 4.55 Å². The Morgan fingerprint density at radius 1 is 1.00 bits per heavy atom. The van der Waals surface area contributed by atoms with Gasteiger partial charge in [0.1, 0.15) is 0 Å². The minimum Gasteiger partial charge on any atom is -0.286 e. The first-order valence-corrected chi connectivity index (χ1v) is 5.54. The minimum atomic E-state index is -3.67. The maximum atomic E-state index is 9.79. The highest BCUT2D eigenvalue weighted by Gasteiger charge is 1.98. The van der Waals surface area contributed by atoms with E-state index >= 15 is 0 Å². The van der Waals surface area contributed by atoms with E-state index < -0.39 is 10.1 Å². The van der Waals surface area contributed by atoms with Crippen LogP contribution >= 0.6 is 0 Å². The van der Waals surface area contributed by atoms with Crippen LogP contribution in [-0.2, 0) is 10.1 Å². The van der Waals surface area contributed by atoms with Crippen molar-refractivity contribution >= 4 is 10.1 Å². The molecule has 3 nitrogen and oxygen atoms in total. The summed E-state index contributed by atoms with van der Waals surface area (Å²) in [5, 5.41) is 0. The lowest BCUT2D eigenvalue weighted by molar-refractivity contribution is 0.482. The molecule has 0 atom stereocenters. The van der Waals surface area contributed by atoms with Crippen LogP contribution < -0.4 is 0 Å². The third kappa shape index (κ3) is 25.7. The van der Waals surface area contributed by atoms with E-state index in [2.05, 4.69) is 13.8 Å². The molecule has 4 heteroatoms. The molecule has 0 aromatic heterocycles. The van der Waals surface area contributed by atoms with Gasteiger partial charge in [-0.1, -0.05) is 33.6 Å². The van der Waals surface area contributed by atoms with E-state index in [0.29, 0.717) is 6.42 Å². The van der Waals surface area contributed by atoms with Crippen LogP contribution in [0.25, 0.3) is 0 Å². The van der Waals surface area contributed by atoms with Crippen molar-refractivity contribution in [2.24, 2.45) is 0 Å². The van der Waals surface area contributed by atoms with Gasteiger partial charge in [-0.15, -0.1) is 0 Å². The molecule has 0 unspecified atom stereocenters. The molecule has 11 heavy (non-hydrogen) atoms. The molecule has 70 valence electrons. The summed E-state index contributed by atoms with van der Waals surface area (Å²) in [6, 6.07) is 0. The average molecular weight is 182 g/mol. The molecule has 0 heterocycles. The van der Waals surface area contributed by atoms with Gasteiger partial charge in [-0.3, -0.25) is 4.55 Å². The predicted molar refractivity (Wildman–Crippen MR) is 47.3 cm³/mol. The fourth-order valence-corrected chi connectivity index (χ4v) is 0.774. The summed E-state index contributed by atoms with van der Waals surface area (Å²) in [6.07, 6.45) is 3.11. The highest BCUT2D eigenvalue weighted by atomic mass is 32.2. The SMILES string of the molecule is CCCC.CCCS(=O)(=O)O. The van der Waals surface area contributed by atoms with Crippen LogP contribution in [0.2, 0.25) is 0 Å². The second kappa shape index (κ2) is 8.01. The van der Waals surface area contributed by atoms with Gasteiger partial charge in [0.2, 0.25) is 0 Å². The quantitative estimate of drug-likeness (QED) is 0.680. The number of unbranched alkanes of at least 4 members (excludes halogenated alkanes) is 1. The van der Waals surface area contributed by atoms with E-state index in [1.54, 1.807) is 6.92 Å². The molecule has 1 N–H and O–H groups in total. The first kappa shape index (κ1) is 13.5. The topological polar surface area (TPSA) is 54.4 Å². The molecule has 0 rings (SSSR count). The van der Waals surface area contributed by atoms with Gasteiger partial charge < -0.3 is 0 Å². The summed E-state index contributed by atoms with van der Waals surface area (Å²) < 4.78 is 27.6. The van der Waals surface area contributed by atoms with Crippen LogP contribution in [-0.4, -0.2) is 18.7 Å². The molecule has 0 bridgehead atoms. The predicted octanol–water partition coefficient (Wildman–Crippen LogP) is 2.09. The molecular weight excluding hydrogens is 164 g/mol. The molecule has 0 saturated carbocycles. The Balaban J connectivity index is 0. The summed E-state index contributed by atoms with van der Waals surface area (Å²) in [6.45, 7) is 6.05. The Bertz CT molecular complexity index is 147. The van der Waals surface area contributed by atoms with Crippen molar-refractivity contribution in [2.45, 2.75) is 40.0 Å². The lowest BCUT2D eigenvalue weighted by Crippen LogP contribution is -2.01. The summed E-state index contributed by atoms with van der Waals surface area (Å²) in [5.74, 6) is -0.132. The van der Waals surface area contributed by atoms with E-state index in [1.807, 2.05) is 0 Å². The summed E-state index contributed by atoms with van der Waals surface area (Å²) in [5.41, 5.74) is 0. The van der Waals surface area contributed by atoms with Crippen molar-refractivity contribution in [1.82, 2.24) is 0 Å². The largest absolute Gasteiger partial charge is 0.286 e. The molecule has 0 aliphatic heterocycles. The molecular formula is C7H18O3S. The van der Waals surface area contributed by atoms with Crippen molar-refractivity contribution in [2.75, 3.05) is 5.75 Å². The summed E-state index contributed by atoms with van der Waals surface area (Å²) in [7, 11) is -3.67. The second-order valence-corrected chi connectivity index (χ2v) is 3.86. The standard InChI is InChI=1S/C4H10.C3H8O3S/c1-3-4-2;1-2-3-7(4,5)6/h3-4H2,1-2H3;2-3H2,1H3,(H,4,5,6). The Hall–Kier alpha value is -0.0900. The van der Waals surface area contributed by atoms with Crippen molar-refractivity contribution < 1.29 is 13.0 Å². The number of hydrogen-bond donors (Lipinski definition) is 1. The fourth-order valence-electron chi connectivity index (χ4n) is 0.258. The third-order valence-corrected chi connectivity index (χ3v) is 1.89. The zero-order valence-corrected chi connectivity index (χ0v) is 8.32. The van der Waals surface area contributed by atoms with E-state index in [1.165, 1.54) is 12.8 Å². The molecule has 0 amide bonds. The monoisotopic (exact) mass is 182 g/mol. The Labute approximate surface area is 69.6 Å². The molecule has 0 aromatic carbocycles. The van der Waals surface area contributed by atoms with E-state index in [0.717, 1.165) is 0 Å². The minimum absolute atomic E-state index is 0.132. The molecule has 0 spiro atoms. The fraction of sp³-hybridized carbons (Fsp3) is 1.00. The van der Waals surface area contributed by atoms with Gasteiger partial charge >= 0.3 is 0 Å². The van der Waals surface area contributed by atoms with Crippen molar-refractivity contribution in [3.05, 3.63) is 0 Å². The normalized spacial score (nSPS) is 10.2. The molecule has 0 aliphatic rings. The molecule has 0 aliphatic carbocycles. The van der Waals surface area contributed by atoms with Gasteiger partial charge in [-0.2, -0.15) is 8.42 Å². The number of rotatable bonds is 3. The van der Waals surface area contributed by atoms with Crippen LogP contribution in [0.1, 0.15) is 40.0 Å². The molecule has 0 fully saturated rings. The van der Waals surface area contributed by atoms with Gasteiger partial charge in [-0.25, -0.2) is 0 Å². The summed E-state index contributed by atoms with van der Waals surface area (Å²) in [4.78, 5) is 0. The van der Waals surface area contributed by atoms with Crippen LogP contribution in [0.3, 0.4) is 0 Å².